The van der Waals surface area contributed by atoms with Crippen molar-refractivity contribution in [3.8, 4) is 5.75 Å². The fourth-order valence-corrected chi connectivity index (χ4v) is 2.60. The third-order valence-corrected chi connectivity index (χ3v) is 4.13. The third kappa shape index (κ3) is 5.09. The highest BCUT2D eigenvalue weighted by Crippen LogP contribution is 2.16. The minimum atomic E-state index is -0.575. The molecule has 1 unspecified atom stereocenters. The zero-order valence-corrected chi connectivity index (χ0v) is 15.6. The Morgan fingerprint density at radius 1 is 0.962 bits per heavy atom. The van der Waals surface area contributed by atoms with Gasteiger partial charge in [-0.2, -0.15) is 0 Å². The number of benzene rings is 2. The molecule has 0 fully saturated rings. The second-order valence-electron chi connectivity index (χ2n) is 5.87. The summed E-state index contributed by atoms with van der Waals surface area (Å²) in [5, 5.41) is 2.85. The highest BCUT2D eigenvalue weighted by atomic mass is 16.5. The van der Waals surface area contributed by atoms with Gasteiger partial charge in [-0.3, -0.25) is 9.59 Å². The summed E-state index contributed by atoms with van der Waals surface area (Å²) in [6.45, 7) is 7.14. The van der Waals surface area contributed by atoms with E-state index in [1.807, 2.05) is 51.1 Å². The maximum atomic E-state index is 12.5. The van der Waals surface area contributed by atoms with Crippen LogP contribution in [0.2, 0.25) is 0 Å². The minimum absolute atomic E-state index is 0.00766. The summed E-state index contributed by atoms with van der Waals surface area (Å²) in [6.07, 6.45) is -0.0198. The monoisotopic (exact) mass is 354 g/mol. The average molecular weight is 354 g/mol. The van der Waals surface area contributed by atoms with E-state index in [9.17, 15) is 9.59 Å². The fourth-order valence-electron chi connectivity index (χ4n) is 2.60. The van der Waals surface area contributed by atoms with Crippen LogP contribution in [-0.4, -0.2) is 35.9 Å². The molecule has 2 aromatic rings. The second kappa shape index (κ2) is 9.61. The van der Waals surface area contributed by atoms with Crippen molar-refractivity contribution in [3.63, 3.8) is 0 Å². The van der Waals surface area contributed by atoms with Crippen LogP contribution in [0.5, 0.6) is 5.75 Å². The normalized spacial score (nSPS) is 11.5. The second-order valence-corrected chi connectivity index (χ2v) is 5.87. The van der Waals surface area contributed by atoms with Gasteiger partial charge in [0.2, 0.25) is 0 Å². The molecule has 26 heavy (non-hydrogen) atoms. The van der Waals surface area contributed by atoms with E-state index >= 15 is 0 Å². The van der Waals surface area contributed by atoms with Crippen molar-refractivity contribution in [3.05, 3.63) is 60.2 Å². The Hall–Kier alpha value is -2.82. The Labute approximate surface area is 155 Å². The van der Waals surface area contributed by atoms with Crippen LogP contribution in [0.4, 0.5) is 5.69 Å². The van der Waals surface area contributed by atoms with Gasteiger partial charge in [0.1, 0.15) is 5.75 Å². The lowest BCUT2D eigenvalue weighted by Gasteiger charge is -2.19. The van der Waals surface area contributed by atoms with E-state index in [2.05, 4.69) is 5.32 Å². The van der Waals surface area contributed by atoms with Crippen molar-refractivity contribution in [1.82, 2.24) is 4.90 Å². The maximum absolute atomic E-state index is 12.5. The molecule has 0 spiro atoms. The van der Waals surface area contributed by atoms with Crippen molar-refractivity contribution >= 4 is 17.5 Å². The quantitative estimate of drug-likeness (QED) is 0.780. The summed E-state index contributed by atoms with van der Waals surface area (Å²) in [4.78, 5) is 26.5. The van der Waals surface area contributed by atoms with Crippen LogP contribution in [0, 0.1) is 0 Å². The summed E-state index contributed by atoms with van der Waals surface area (Å²) < 4.78 is 5.75. The number of nitrogens with one attached hydrogen (secondary N) is 1. The van der Waals surface area contributed by atoms with Crippen LogP contribution in [0.15, 0.2) is 54.6 Å². The topological polar surface area (TPSA) is 58.6 Å². The molecule has 1 N–H and O–H groups in total. The minimum Gasteiger partial charge on any atom is -0.481 e. The first-order valence-electron chi connectivity index (χ1n) is 9.00. The van der Waals surface area contributed by atoms with Gasteiger partial charge in [-0.1, -0.05) is 25.1 Å². The third-order valence-electron chi connectivity index (χ3n) is 4.13. The molecule has 2 amide bonds. The van der Waals surface area contributed by atoms with E-state index in [0.717, 1.165) is 0 Å². The number of para-hydroxylation sites is 1. The van der Waals surface area contributed by atoms with E-state index in [1.165, 1.54) is 0 Å². The van der Waals surface area contributed by atoms with Gasteiger partial charge in [0.05, 0.1) is 0 Å². The molecule has 0 aliphatic heterocycles. The zero-order chi connectivity index (χ0) is 18.9. The summed E-state index contributed by atoms with van der Waals surface area (Å²) in [7, 11) is 0. The van der Waals surface area contributed by atoms with Crippen molar-refractivity contribution in [2.24, 2.45) is 0 Å². The fraction of sp³-hybridized carbons (Fsp3) is 0.333. The summed E-state index contributed by atoms with van der Waals surface area (Å²) >= 11 is 0. The van der Waals surface area contributed by atoms with Crippen LogP contribution in [0.1, 0.15) is 37.6 Å². The molecule has 0 bridgehead atoms. The molecule has 5 nitrogen and oxygen atoms in total. The molecule has 2 aromatic carbocycles. The van der Waals surface area contributed by atoms with E-state index in [0.29, 0.717) is 36.5 Å². The molecular weight excluding hydrogens is 328 g/mol. The van der Waals surface area contributed by atoms with E-state index in [4.69, 9.17) is 4.74 Å². The molecular formula is C21H26N2O3. The predicted molar refractivity (Wildman–Crippen MR) is 103 cm³/mol. The lowest BCUT2D eigenvalue weighted by Crippen LogP contribution is -2.32. The van der Waals surface area contributed by atoms with Gasteiger partial charge >= 0.3 is 0 Å². The maximum Gasteiger partial charge on any atom is 0.265 e. The van der Waals surface area contributed by atoms with Crippen LogP contribution in [0.3, 0.4) is 0 Å². The molecule has 0 aromatic heterocycles. The number of rotatable bonds is 8. The SMILES string of the molecule is CCC(Oc1ccccc1)C(=O)Nc1ccc(C(=O)N(CC)CC)cc1. The van der Waals surface area contributed by atoms with Gasteiger partial charge in [-0.25, -0.2) is 0 Å². The molecule has 0 saturated heterocycles. The first-order valence-corrected chi connectivity index (χ1v) is 9.00. The van der Waals surface area contributed by atoms with Crippen molar-refractivity contribution in [1.29, 1.82) is 0 Å². The van der Waals surface area contributed by atoms with E-state index in [-0.39, 0.29) is 11.8 Å². The number of anilines is 1. The Balaban J connectivity index is 2.00. The lowest BCUT2D eigenvalue weighted by molar-refractivity contribution is -0.122. The molecule has 0 radical (unpaired) electrons. The van der Waals surface area contributed by atoms with Crippen LogP contribution in [0.25, 0.3) is 0 Å². The Bertz CT molecular complexity index is 710. The smallest absolute Gasteiger partial charge is 0.265 e. The van der Waals surface area contributed by atoms with Gasteiger partial charge < -0.3 is 15.0 Å². The van der Waals surface area contributed by atoms with Gasteiger partial charge in [-0.05, 0) is 56.7 Å². The van der Waals surface area contributed by atoms with E-state index in [1.54, 1.807) is 29.2 Å². The lowest BCUT2D eigenvalue weighted by atomic mass is 10.1. The molecule has 5 heteroatoms. The Morgan fingerprint density at radius 3 is 2.12 bits per heavy atom. The van der Waals surface area contributed by atoms with Crippen LogP contribution < -0.4 is 10.1 Å². The highest BCUT2D eigenvalue weighted by molar-refractivity contribution is 5.97. The van der Waals surface area contributed by atoms with Gasteiger partial charge in [-0.15, -0.1) is 0 Å². The van der Waals surface area contributed by atoms with Crippen LogP contribution >= 0.6 is 0 Å². The molecule has 0 aliphatic carbocycles. The van der Waals surface area contributed by atoms with Crippen molar-refractivity contribution < 1.29 is 14.3 Å². The van der Waals surface area contributed by atoms with Crippen molar-refractivity contribution in [2.45, 2.75) is 33.3 Å². The number of hydrogen-bond donors (Lipinski definition) is 1. The largest absolute Gasteiger partial charge is 0.481 e. The summed E-state index contributed by atoms with van der Waals surface area (Å²) in [5.41, 5.74) is 1.25. The number of nitrogens with zero attached hydrogens (tertiary/aromatic N) is 1. The average Bonchev–Trinajstić information content (AvgIpc) is 2.68. The number of hydrogen-bond acceptors (Lipinski definition) is 3. The number of ether oxygens (including phenoxy) is 1. The number of carbonyl (C=O) groups is 2. The van der Waals surface area contributed by atoms with Crippen molar-refractivity contribution in [2.75, 3.05) is 18.4 Å². The summed E-state index contributed by atoms with van der Waals surface area (Å²) in [5.74, 6) is 0.445. The van der Waals surface area contributed by atoms with Crippen LogP contribution in [-0.2, 0) is 4.79 Å². The molecule has 0 aliphatic rings. The van der Waals surface area contributed by atoms with E-state index < -0.39 is 6.10 Å². The Morgan fingerprint density at radius 2 is 1.58 bits per heavy atom. The van der Waals surface area contributed by atoms with Gasteiger partial charge in [0.15, 0.2) is 6.10 Å². The molecule has 0 saturated carbocycles. The zero-order valence-electron chi connectivity index (χ0n) is 15.6. The molecule has 0 heterocycles. The standard InChI is InChI=1S/C21H26N2O3/c1-4-19(26-18-10-8-7-9-11-18)20(24)22-17-14-12-16(13-15-17)21(25)23(5-2)6-3/h7-15,19H,4-6H2,1-3H3,(H,22,24). The summed E-state index contributed by atoms with van der Waals surface area (Å²) in [6, 6.07) is 16.2. The predicted octanol–water partition coefficient (Wildman–Crippen LogP) is 3.96. The highest BCUT2D eigenvalue weighted by Gasteiger charge is 2.19. The molecule has 2 rings (SSSR count). The molecule has 138 valence electrons. The first-order chi connectivity index (χ1) is 12.6. The first kappa shape index (κ1) is 19.5. The van der Waals surface area contributed by atoms with Gasteiger partial charge in [0.25, 0.3) is 11.8 Å². The number of carbonyl (C=O) groups excluding carboxylic acids is 2. The van der Waals surface area contributed by atoms with Gasteiger partial charge in [0, 0.05) is 24.3 Å². The Kier molecular flexibility index (Phi) is 7.21. The molecule has 1 atom stereocenters. The number of amides is 2.